The van der Waals surface area contributed by atoms with Crippen LogP contribution >= 0.6 is 0 Å². The summed E-state index contributed by atoms with van der Waals surface area (Å²) in [5, 5.41) is 2.30. The summed E-state index contributed by atoms with van der Waals surface area (Å²) >= 11 is 0. The predicted molar refractivity (Wildman–Crippen MR) is 91.0 cm³/mol. The SMILES string of the molecule is CCC1(CC)C(=O)NC(=O)N(CC(OC)c2ccc(OC)cc2)C1=O. The summed E-state index contributed by atoms with van der Waals surface area (Å²) in [6, 6.07) is 6.49. The molecule has 0 spiro atoms. The molecular weight excluding hydrogens is 324 g/mol. The Hall–Kier alpha value is -2.41. The van der Waals surface area contributed by atoms with Crippen molar-refractivity contribution in [3.63, 3.8) is 0 Å². The fourth-order valence-corrected chi connectivity index (χ4v) is 3.07. The van der Waals surface area contributed by atoms with Crippen LogP contribution in [0.5, 0.6) is 5.75 Å². The summed E-state index contributed by atoms with van der Waals surface area (Å²) in [5.74, 6) is -0.295. The van der Waals surface area contributed by atoms with Crippen LogP contribution in [0.3, 0.4) is 0 Å². The molecule has 0 aromatic heterocycles. The van der Waals surface area contributed by atoms with Gasteiger partial charge in [-0.05, 0) is 30.5 Å². The van der Waals surface area contributed by atoms with Gasteiger partial charge >= 0.3 is 6.03 Å². The molecule has 0 radical (unpaired) electrons. The van der Waals surface area contributed by atoms with Gasteiger partial charge in [0.05, 0.1) is 13.7 Å². The van der Waals surface area contributed by atoms with E-state index in [2.05, 4.69) is 5.32 Å². The highest BCUT2D eigenvalue weighted by Gasteiger charge is 2.51. The molecule has 1 aromatic rings. The molecule has 1 saturated heterocycles. The first kappa shape index (κ1) is 18.9. The molecule has 1 aromatic carbocycles. The van der Waals surface area contributed by atoms with E-state index >= 15 is 0 Å². The van der Waals surface area contributed by atoms with Crippen molar-refractivity contribution >= 4 is 17.8 Å². The van der Waals surface area contributed by atoms with E-state index in [4.69, 9.17) is 9.47 Å². The van der Waals surface area contributed by atoms with Crippen molar-refractivity contribution in [3.8, 4) is 5.75 Å². The minimum absolute atomic E-state index is 0.0303. The second-order valence-electron chi connectivity index (χ2n) is 5.96. The topological polar surface area (TPSA) is 84.9 Å². The van der Waals surface area contributed by atoms with Crippen LogP contribution < -0.4 is 10.1 Å². The van der Waals surface area contributed by atoms with E-state index in [0.717, 1.165) is 10.5 Å². The standard InChI is InChI=1S/C18H24N2O5/c1-5-18(6-2)15(21)19-17(23)20(16(18)22)11-14(25-4)12-7-9-13(24-3)10-8-12/h7-10,14H,5-6,11H2,1-4H3,(H,19,21,23). The molecule has 1 unspecified atom stereocenters. The van der Waals surface area contributed by atoms with Crippen LogP contribution in [0.4, 0.5) is 4.79 Å². The van der Waals surface area contributed by atoms with Crippen molar-refractivity contribution in [2.24, 2.45) is 5.41 Å². The van der Waals surface area contributed by atoms with Crippen molar-refractivity contribution < 1.29 is 23.9 Å². The fourth-order valence-electron chi connectivity index (χ4n) is 3.07. The molecule has 2 rings (SSSR count). The van der Waals surface area contributed by atoms with E-state index in [9.17, 15) is 14.4 Å². The minimum atomic E-state index is -1.20. The Morgan fingerprint density at radius 2 is 1.68 bits per heavy atom. The number of carbonyl (C=O) groups excluding carboxylic acids is 3. The zero-order valence-electron chi connectivity index (χ0n) is 15.0. The predicted octanol–water partition coefficient (Wildman–Crippen LogP) is 2.27. The highest BCUT2D eigenvalue weighted by atomic mass is 16.5. The molecule has 1 atom stereocenters. The molecule has 7 heteroatoms. The largest absolute Gasteiger partial charge is 0.497 e. The number of urea groups is 1. The number of carbonyl (C=O) groups is 3. The lowest BCUT2D eigenvalue weighted by Crippen LogP contribution is -2.64. The lowest BCUT2D eigenvalue weighted by atomic mass is 9.78. The van der Waals surface area contributed by atoms with Crippen molar-refractivity contribution in [1.82, 2.24) is 10.2 Å². The molecule has 0 bridgehead atoms. The fraction of sp³-hybridized carbons (Fsp3) is 0.500. The number of amides is 4. The van der Waals surface area contributed by atoms with Crippen molar-refractivity contribution in [2.45, 2.75) is 32.8 Å². The van der Waals surface area contributed by atoms with Gasteiger partial charge in [-0.2, -0.15) is 0 Å². The summed E-state index contributed by atoms with van der Waals surface area (Å²) in [6.45, 7) is 3.57. The van der Waals surface area contributed by atoms with Gasteiger partial charge < -0.3 is 9.47 Å². The van der Waals surface area contributed by atoms with Gasteiger partial charge in [0.25, 0.3) is 0 Å². The van der Waals surface area contributed by atoms with Crippen LogP contribution in [0.2, 0.25) is 0 Å². The molecule has 0 aliphatic carbocycles. The van der Waals surface area contributed by atoms with Crippen LogP contribution in [0, 0.1) is 5.41 Å². The van der Waals surface area contributed by atoms with Crippen molar-refractivity contribution in [1.29, 1.82) is 0 Å². The van der Waals surface area contributed by atoms with Crippen LogP contribution in [0.25, 0.3) is 0 Å². The second-order valence-corrected chi connectivity index (χ2v) is 5.96. The van der Waals surface area contributed by atoms with E-state index in [0.29, 0.717) is 18.6 Å². The minimum Gasteiger partial charge on any atom is -0.497 e. The zero-order chi connectivity index (χ0) is 18.6. The van der Waals surface area contributed by atoms with Crippen LogP contribution in [0.1, 0.15) is 38.4 Å². The summed E-state index contributed by atoms with van der Waals surface area (Å²) in [6.07, 6.45) is 0.163. The van der Waals surface area contributed by atoms with E-state index in [1.54, 1.807) is 33.1 Å². The van der Waals surface area contributed by atoms with Crippen molar-refractivity contribution in [3.05, 3.63) is 29.8 Å². The number of hydrogen-bond acceptors (Lipinski definition) is 5. The highest BCUT2D eigenvalue weighted by Crippen LogP contribution is 2.33. The number of nitrogens with one attached hydrogen (secondary N) is 1. The first-order valence-corrected chi connectivity index (χ1v) is 8.27. The van der Waals surface area contributed by atoms with Gasteiger partial charge in [0.2, 0.25) is 11.8 Å². The van der Waals surface area contributed by atoms with Gasteiger partial charge in [0, 0.05) is 7.11 Å². The van der Waals surface area contributed by atoms with Crippen LogP contribution in [-0.2, 0) is 14.3 Å². The number of imide groups is 2. The number of ether oxygens (including phenoxy) is 2. The third kappa shape index (κ3) is 3.37. The molecular formula is C18H24N2O5. The first-order valence-electron chi connectivity index (χ1n) is 8.27. The summed E-state index contributed by atoms with van der Waals surface area (Å²) < 4.78 is 10.6. The summed E-state index contributed by atoms with van der Waals surface area (Å²) in [7, 11) is 3.09. The smallest absolute Gasteiger partial charge is 0.330 e. The average Bonchev–Trinajstić information content (AvgIpc) is 2.63. The molecule has 1 fully saturated rings. The summed E-state index contributed by atoms with van der Waals surface area (Å²) in [5.41, 5.74) is -0.397. The Kier molecular flexibility index (Phi) is 5.79. The van der Waals surface area contributed by atoms with Crippen LogP contribution in [0.15, 0.2) is 24.3 Å². The number of benzene rings is 1. The number of hydrogen-bond donors (Lipinski definition) is 1. The third-order valence-electron chi connectivity index (χ3n) is 4.88. The van der Waals surface area contributed by atoms with E-state index < -0.39 is 29.4 Å². The average molecular weight is 348 g/mol. The Morgan fingerprint density at radius 1 is 1.08 bits per heavy atom. The summed E-state index contributed by atoms with van der Waals surface area (Å²) in [4.78, 5) is 38.4. The second kappa shape index (κ2) is 7.65. The molecule has 1 heterocycles. The molecule has 1 aliphatic heterocycles. The van der Waals surface area contributed by atoms with Gasteiger partial charge in [0.1, 0.15) is 17.3 Å². The highest BCUT2D eigenvalue weighted by molar-refractivity contribution is 6.19. The van der Waals surface area contributed by atoms with Gasteiger partial charge in [-0.3, -0.25) is 19.8 Å². The maximum atomic E-state index is 12.9. The first-order chi connectivity index (χ1) is 11.9. The van der Waals surface area contributed by atoms with E-state index in [-0.39, 0.29) is 6.54 Å². The van der Waals surface area contributed by atoms with Gasteiger partial charge in [-0.1, -0.05) is 26.0 Å². The number of nitrogens with zero attached hydrogens (tertiary/aromatic N) is 1. The Balaban J connectivity index is 2.27. The molecule has 1 aliphatic rings. The quantitative estimate of drug-likeness (QED) is 0.764. The Labute approximate surface area is 147 Å². The maximum absolute atomic E-state index is 12.9. The molecule has 136 valence electrons. The lowest BCUT2D eigenvalue weighted by Gasteiger charge is -2.39. The van der Waals surface area contributed by atoms with Gasteiger partial charge in [-0.25, -0.2) is 4.79 Å². The number of rotatable bonds is 7. The number of barbiturate groups is 1. The van der Waals surface area contributed by atoms with Gasteiger partial charge in [-0.15, -0.1) is 0 Å². The zero-order valence-corrected chi connectivity index (χ0v) is 15.0. The molecule has 1 N–H and O–H groups in total. The van der Waals surface area contributed by atoms with E-state index in [1.807, 2.05) is 12.1 Å². The van der Waals surface area contributed by atoms with Crippen molar-refractivity contribution in [2.75, 3.05) is 20.8 Å². The maximum Gasteiger partial charge on any atom is 0.330 e. The monoisotopic (exact) mass is 348 g/mol. The molecule has 25 heavy (non-hydrogen) atoms. The molecule has 7 nitrogen and oxygen atoms in total. The normalized spacial score (nSPS) is 18.1. The molecule has 4 amide bonds. The Bertz CT molecular complexity index is 652. The Morgan fingerprint density at radius 3 is 2.16 bits per heavy atom. The third-order valence-corrected chi connectivity index (χ3v) is 4.88. The van der Waals surface area contributed by atoms with E-state index in [1.165, 1.54) is 7.11 Å². The lowest BCUT2D eigenvalue weighted by molar-refractivity contribution is -0.153. The molecule has 0 saturated carbocycles. The van der Waals surface area contributed by atoms with Gasteiger partial charge in [0.15, 0.2) is 0 Å². The number of methoxy groups -OCH3 is 2. The van der Waals surface area contributed by atoms with Crippen LogP contribution in [-0.4, -0.2) is 43.5 Å².